The lowest BCUT2D eigenvalue weighted by Crippen LogP contribution is -2.31. The van der Waals surface area contributed by atoms with Gasteiger partial charge in [-0.25, -0.2) is 4.98 Å². The van der Waals surface area contributed by atoms with Crippen LogP contribution in [-0.4, -0.2) is 45.3 Å². The lowest BCUT2D eigenvalue weighted by molar-refractivity contribution is 0.0646. The second-order valence-corrected chi connectivity index (χ2v) is 10.2. The van der Waals surface area contributed by atoms with Crippen LogP contribution in [0.1, 0.15) is 64.8 Å². The van der Waals surface area contributed by atoms with E-state index in [-0.39, 0.29) is 11.8 Å². The Morgan fingerprint density at radius 2 is 1.63 bits per heavy atom. The summed E-state index contributed by atoms with van der Waals surface area (Å²) < 4.78 is 8.11. The Bertz CT molecular complexity index is 1450. The zero-order valence-electron chi connectivity index (χ0n) is 21.7. The Balaban J connectivity index is 1.12. The van der Waals surface area contributed by atoms with Crippen molar-refractivity contribution in [2.24, 2.45) is 0 Å². The summed E-state index contributed by atoms with van der Waals surface area (Å²) in [5.74, 6) is 1.34. The van der Waals surface area contributed by atoms with Crippen molar-refractivity contribution in [2.75, 3.05) is 18.5 Å². The molecule has 1 fully saturated rings. The largest absolute Gasteiger partial charge is 0.494 e. The van der Waals surface area contributed by atoms with Gasteiger partial charge in [-0.15, -0.1) is 0 Å². The lowest BCUT2D eigenvalue weighted by Gasteiger charge is -2.24. The second kappa shape index (κ2) is 10.3. The van der Waals surface area contributed by atoms with Crippen LogP contribution in [-0.2, 0) is 0 Å². The third-order valence-electron chi connectivity index (χ3n) is 7.59. The number of hydrogen-bond donors (Lipinski definition) is 1. The van der Waals surface area contributed by atoms with Crippen molar-refractivity contribution in [2.45, 2.75) is 51.5 Å². The number of fused-ring (bicyclic) bond motifs is 2. The van der Waals surface area contributed by atoms with Crippen molar-refractivity contribution in [3.63, 3.8) is 0 Å². The average molecular weight is 509 g/mol. The van der Waals surface area contributed by atoms with E-state index in [1.165, 1.54) is 37.0 Å². The fraction of sp³-hybridized carbons (Fsp3) is 0.323. The van der Waals surface area contributed by atoms with Crippen molar-refractivity contribution in [3.05, 3.63) is 83.6 Å². The quantitative estimate of drug-likeness (QED) is 0.229. The summed E-state index contributed by atoms with van der Waals surface area (Å²) in [6, 6.07) is 19.6. The molecule has 0 spiro atoms. The van der Waals surface area contributed by atoms with E-state index in [0.29, 0.717) is 36.7 Å². The Morgan fingerprint density at radius 1 is 0.921 bits per heavy atom. The van der Waals surface area contributed by atoms with Crippen LogP contribution in [0.2, 0.25) is 0 Å². The molecular formula is C31H32N4O3. The van der Waals surface area contributed by atoms with Crippen LogP contribution < -0.4 is 10.1 Å². The Labute approximate surface area is 222 Å². The smallest absolute Gasteiger partial charge is 0.261 e. The molecule has 7 heteroatoms. The van der Waals surface area contributed by atoms with Crippen molar-refractivity contribution >= 4 is 23.3 Å². The SMILES string of the molecule is Cc1cccn2c(NC3CCCCC3)c(-c3ccc(OCCCN4C(=O)c5ccccc5C4=O)cc3)nc12. The maximum absolute atomic E-state index is 12.5. The fourth-order valence-corrected chi connectivity index (χ4v) is 5.55. The summed E-state index contributed by atoms with van der Waals surface area (Å²) in [4.78, 5) is 31.4. The predicted molar refractivity (Wildman–Crippen MR) is 148 cm³/mol. The number of aromatic nitrogens is 2. The summed E-state index contributed by atoms with van der Waals surface area (Å²) in [5.41, 5.74) is 5.05. The zero-order valence-corrected chi connectivity index (χ0v) is 21.7. The molecule has 2 aromatic heterocycles. The molecule has 1 aliphatic carbocycles. The monoisotopic (exact) mass is 508 g/mol. The summed E-state index contributed by atoms with van der Waals surface area (Å²) >= 11 is 0. The minimum absolute atomic E-state index is 0.227. The van der Waals surface area contributed by atoms with Crippen LogP contribution >= 0.6 is 0 Å². The standard InChI is InChI=1S/C31H32N4O3/c1-21-9-7-18-34-28(21)33-27(29(34)32-23-10-3-2-4-11-23)22-14-16-24(17-15-22)38-20-8-19-35-30(36)25-12-5-6-13-26(25)31(35)37/h5-7,9,12-18,23,32H,2-4,8,10-11,19-20H2,1H3. The first-order chi connectivity index (χ1) is 18.6. The maximum Gasteiger partial charge on any atom is 0.261 e. The van der Waals surface area contributed by atoms with Crippen molar-refractivity contribution in [1.29, 1.82) is 0 Å². The number of imide groups is 1. The Morgan fingerprint density at radius 3 is 2.34 bits per heavy atom. The molecule has 4 aromatic rings. The van der Waals surface area contributed by atoms with Gasteiger partial charge < -0.3 is 10.1 Å². The molecule has 1 aliphatic heterocycles. The molecule has 0 atom stereocenters. The highest BCUT2D eigenvalue weighted by atomic mass is 16.5. The number of rotatable bonds is 8. The van der Waals surface area contributed by atoms with E-state index >= 15 is 0 Å². The number of hydrogen-bond acceptors (Lipinski definition) is 5. The molecule has 1 saturated carbocycles. The molecule has 0 radical (unpaired) electrons. The van der Waals surface area contributed by atoms with Gasteiger partial charge in [-0.3, -0.25) is 18.9 Å². The molecular weight excluding hydrogens is 476 g/mol. The highest BCUT2D eigenvalue weighted by molar-refractivity contribution is 6.21. The Kier molecular flexibility index (Phi) is 6.58. The van der Waals surface area contributed by atoms with E-state index in [1.807, 2.05) is 24.3 Å². The number of aryl methyl sites for hydroxylation is 1. The van der Waals surface area contributed by atoms with Crippen LogP contribution in [0, 0.1) is 6.92 Å². The van der Waals surface area contributed by atoms with Gasteiger partial charge in [-0.2, -0.15) is 0 Å². The number of nitrogens with zero attached hydrogens (tertiary/aromatic N) is 3. The van der Waals surface area contributed by atoms with Gasteiger partial charge in [0.25, 0.3) is 11.8 Å². The number of carbonyl (C=O) groups is 2. The van der Waals surface area contributed by atoms with E-state index in [9.17, 15) is 9.59 Å². The number of ether oxygens (including phenoxy) is 1. The van der Waals surface area contributed by atoms with Gasteiger partial charge >= 0.3 is 0 Å². The van der Waals surface area contributed by atoms with Crippen LogP contribution in [0.4, 0.5) is 5.82 Å². The molecule has 7 nitrogen and oxygen atoms in total. The number of pyridine rings is 1. The molecule has 2 amide bonds. The third kappa shape index (κ3) is 4.53. The van der Waals surface area contributed by atoms with Gasteiger partial charge in [0.15, 0.2) is 0 Å². The zero-order chi connectivity index (χ0) is 26.1. The minimum atomic E-state index is -0.227. The predicted octanol–water partition coefficient (Wildman–Crippen LogP) is 6.12. The van der Waals surface area contributed by atoms with E-state index in [0.717, 1.165) is 34.0 Å². The number of carbonyl (C=O) groups excluding carboxylic acids is 2. The van der Waals surface area contributed by atoms with Gasteiger partial charge in [0.05, 0.1) is 17.7 Å². The average Bonchev–Trinajstić information content (AvgIpc) is 3.43. The molecule has 2 aromatic carbocycles. The van der Waals surface area contributed by atoms with Crippen molar-refractivity contribution in [1.82, 2.24) is 14.3 Å². The normalized spacial score (nSPS) is 15.8. The lowest BCUT2D eigenvalue weighted by atomic mass is 9.95. The van der Waals surface area contributed by atoms with Crippen molar-refractivity contribution < 1.29 is 14.3 Å². The first-order valence-electron chi connectivity index (χ1n) is 13.5. The summed E-state index contributed by atoms with van der Waals surface area (Å²) in [7, 11) is 0. The summed E-state index contributed by atoms with van der Waals surface area (Å²) in [6.07, 6.45) is 8.86. The molecule has 2 aliphatic rings. The molecule has 38 heavy (non-hydrogen) atoms. The molecule has 3 heterocycles. The molecule has 6 rings (SSSR count). The molecule has 0 saturated heterocycles. The topological polar surface area (TPSA) is 75.9 Å². The summed E-state index contributed by atoms with van der Waals surface area (Å²) in [5, 5.41) is 3.80. The Hall–Kier alpha value is -4.13. The van der Waals surface area contributed by atoms with E-state index in [4.69, 9.17) is 9.72 Å². The highest BCUT2D eigenvalue weighted by Crippen LogP contribution is 2.33. The fourth-order valence-electron chi connectivity index (χ4n) is 5.55. The number of anilines is 1. The molecule has 194 valence electrons. The third-order valence-corrected chi connectivity index (χ3v) is 7.59. The number of nitrogens with one attached hydrogen (secondary N) is 1. The van der Waals surface area contributed by atoms with Gasteiger partial charge in [-0.1, -0.05) is 37.5 Å². The number of imidazole rings is 1. The van der Waals surface area contributed by atoms with E-state index in [2.05, 4.69) is 35.0 Å². The molecule has 0 unspecified atom stereocenters. The first-order valence-corrected chi connectivity index (χ1v) is 13.5. The van der Waals surface area contributed by atoms with Gasteiger partial charge in [0.2, 0.25) is 0 Å². The molecule has 0 bridgehead atoms. The van der Waals surface area contributed by atoms with Crippen molar-refractivity contribution in [3.8, 4) is 17.0 Å². The van der Waals surface area contributed by atoms with E-state index < -0.39 is 0 Å². The molecule has 1 N–H and O–H groups in total. The van der Waals surface area contributed by atoms with Crippen LogP contribution in [0.25, 0.3) is 16.9 Å². The summed E-state index contributed by atoms with van der Waals surface area (Å²) in [6.45, 7) is 2.84. The second-order valence-electron chi connectivity index (χ2n) is 10.2. The highest BCUT2D eigenvalue weighted by Gasteiger charge is 2.34. The van der Waals surface area contributed by atoms with Crippen LogP contribution in [0.5, 0.6) is 5.75 Å². The first kappa shape index (κ1) is 24.2. The van der Waals surface area contributed by atoms with E-state index in [1.54, 1.807) is 24.3 Å². The number of benzene rings is 2. The minimum Gasteiger partial charge on any atom is -0.494 e. The maximum atomic E-state index is 12.5. The van der Waals surface area contributed by atoms with Gasteiger partial charge in [0.1, 0.15) is 22.9 Å². The number of amides is 2. The van der Waals surface area contributed by atoms with Gasteiger partial charge in [0, 0.05) is 24.3 Å². The van der Waals surface area contributed by atoms with Crippen LogP contribution in [0.3, 0.4) is 0 Å². The van der Waals surface area contributed by atoms with Gasteiger partial charge in [-0.05, 0) is 74.2 Å². The van der Waals surface area contributed by atoms with Crippen LogP contribution in [0.15, 0.2) is 66.9 Å².